The molecule has 0 bridgehead atoms. The Morgan fingerprint density at radius 2 is 2.71 bits per heavy atom. The molecule has 0 heterocycles. The molecular formula is C3H5NaO3. The van der Waals surface area contributed by atoms with Gasteiger partial charge in [-0.25, -0.2) is 0 Å². The van der Waals surface area contributed by atoms with Crippen LogP contribution in [-0.2, 0) is 4.79 Å². The van der Waals surface area contributed by atoms with Crippen molar-refractivity contribution >= 4 is 5.97 Å². The Kier molecular flexibility index (Phi) is 2.26. The van der Waals surface area contributed by atoms with Gasteiger partial charge in [0.15, 0.2) is 0 Å². The zero-order valence-electron chi connectivity index (χ0n) is 7.76. The number of aliphatic hydroxyl groups is 1. The first-order valence-corrected chi connectivity index (χ1v) is 1.13. The molecule has 1 atom stereocenters. The molecule has 1 N–H and O–H groups in total. The van der Waals surface area contributed by atoms with Gasteiger partial charge >= 0.3 is 29.6 Å². The Balaban J connectivity index is 0. The zero-order chi connectivity index (χ0) is 8.58. The largest absolute Gasteiger partial charge is 1.00 e. The molecule has 0 amide bonds. The van der Waals surface area contributed by atoms with Gasteiger partial charge in [0.05, 0.1) is 13.4 Å². The fourth-order valence-corrected chi connectivity index (χ4v) is 0. The van der Waals surface area contributed by atoms with Gasteiger partial charge in [0.2, 0.25) is 0 Å². The first kappa shape index (κ1) is 3.45. The van der Waals surface area contributed by atoms with Crippen LogP contribution in [0.5, 0.6) is 0 Å². The van der Waals surface area contributed by atoms with Gasteiger partial charge in [0, 0.05) is 4.11 Å². The molecule has 3 nitrogen and oxygen atoms in total. The van der Waals surface area contributed by atoms with E-state index in [1.807, 2.05) is 0 Å². The first-order valence-electron chi connectivity index (χ1n) is 3.13. The molecule has 4 heteroatoms. The first-order chi connectivity index (χ1) is 4.19. The van der Waals surface area contributed by atoms with Crippen LogP contribution in [0.15, 0.2) is 0 Å². The van der Waals surface area contributed by atoms with Crippen LogP contribution in [0.1, 0.15) is 12.3 Å². The summed E-state index contributed by atoms with van der Waals surface area (Å²) in [7, 11) is 0. The summed E-state index contributed by atoms with van der Waals surface area (Å²) in [6.07, 6.45) is -3.51. The van der Waals surface area contributed by atoms with Gasteiger partial charge < -0.3 is 15.0 Å². The average Bonchev–Trinajstić information content (AvgIpc) is 1.62. The monoisotopic (exact) mass is 116 g/mol. The van der Waals surface area contributed by atoms with Crippen molar-refractivity contribution in [3.8, 4) is 0 Å². The second kappa shape index (κ2) is 4.59. The third-order valence-electron chi connectivity index (χ3n) is 0.193. The van der Waals surface area contributed by atoms with Gasteiger partial charge in [-0.1, -0.05) is 0 Å². The standard InChI is InChI=1S/C3H6O3.Na/c1-2(4)3(5)6;/h2,4H,1H3,(H,5,6);/q;+1/p-1/i1D3,2D;. The molecule has 0 aliphatic carbocycles. The molecule has 0 aliphatic rings. The quantitative estimate of drug-likeness (QED) is 0.349. The number of hydrogen-bond acceptors (Lipinski definition) is 3. The predicted octanol–water partition coefficient (Wildman–Crippen LogP) is -4.88. The van der Waals surface area contributed by atoms with Crippen molar-refractivity contribution in [2.45, 2.75) is 12.9 Å². The summed E-state index contributed by atoms with van der Waals surface area (Å²) in [5.41, 5.74) is 0. The minimum absolute atomic E-state index is 0. The SMILES string of the molecule is [2H]C([2H])([2H])C([2H])(O)C(=O)[O-].[Na+]. The van der Waals surface area contributed by atoms with Gasteiger partial charge in [-0.2, -0.15) is 0 Å². The molecule has 0 radical (unpaired) electrons. The van der Waals surface area contributed by atoms with Crippen LogP contribution < -0.4 is 34.7 Å². The molecule has 0 aromatic heterocycles. The molecular weight excluding hydrogens is 107 g/mol. The van der Waals surface area contributed by atoms with E-state index in [1.165, 1.54) is 0 Å². The number of hydrogen-bond donors (Lipinski definition) is 1. The van der Waals surface area contributed by atoms with Crippen molar-refractivity contribution in [1.82, 2.24) is 0 Å². The normalized spacial score (nSPS) is 26.4. The van der Waals surface area contributed by atoms with Gasteiger partial charge in [-0.05, 0) is 6.85 Å². The number of aliphatic carboxylic acids is 1. The van der Waals surface area contributed by atoms with Gasteiger partial charge in [0.1, 0.15) is 0 Å². The summed E-state index contributed by atoms with van der Waals surface area (Å²) in [6.45, 7) is -3.27. The van der Waals surface area contributed by atoms with E-state index < -0.39 is 18.9 Å². The van der Waals surface area contributed by atoms with Crippen LogP contribution in [0.4, 0.5) is 0 Å². The summed E-state index contributed by atoms with van der Waals surface area (Å²) < 4.78 is 25.4. The van der Waals surface area contributed by atoms with E-state index in [4.69, 9.17) is 10.6 Å². The van der Waals surface area contributed by atoms with Crippen molar-refractivity contribution in [2.75, 3.05) is 0 Å². The molecule has 0 saturated carbocycles. The number of carboxylic acid groups (broad SMARTS) is 1. The predicted molar refractivity (Wildman–Crippen MR) is 16.7 cm³/mol. The summed E-state index contributed by atoms with van der Waals surface area (Å²) in [5.74, 6) is -2.33. The fraction of sp³-hybridized carbons (Fsp3) is 0.667. The van der Waals surface area contributed by atoms with E-state index >= 15 is 0 Å². The Bertz CT molecular complexity index is 153. The van der Waals surface area contributed by atoms with Crippen molar-refractivity contribution in [3.05, 3.63) is 0 Å². The average molecular weight is 116 g/mol. The van der Waals surface area contributed by atoms with E-state index in [2.05, 4.69) is 0 Å². The van der Waals surface area contributed by atoms with Crippen LogP contribution >= 0.6 is 0 Å². The third kappa shape index (κ3) is 6.43. The zero-order valence-corrected chi connectivity index (χ0v) is 5.76. The molecule has 0 fully saturated rings. The van der Waals surface area contributed by atoms with Crippen LogP contribution in [0.2, 0.25) is 0 Å². The molecule has 0 aromatic rings. The fourth-order valence-electron chi connectivity index (χ4n) is 0. The van der Waals surface area contributed by atoms with E-state index in [0.29, 0.717) is 0 Å². The molecule has 0 rings (SSSR count). The number of carbonyl (C=O) groups is 1. The minimum Gasteiger partial charge on any atom is -0.547 e. The van der Waals surface area contributed by atoms with Crippen molar-refractivity contribution < 1.29 is 50.0 Å². The van der Waals surface area contributed by atoms with Crippen LogP contribution in [-0.4, -0.2) is 17.2 Å². The topological polar surface area (TPSA) is 60.4 Å². The van der Waals surface area contributed by atoms with E-state index in [9.17, 15) is 9.90 Å². The van der Waals surface area contributed by atoms with Crippen LogP contribution in [0.25, 0.3) is 0 Å². The van der Waals surface area contributed by atoms with Crippen LogP contribution in [0, 0.1) is 0 Å². The summed E-state index contributed by atoms with van der Waals surface area (Å²) in [5, 5.41) is 18.1. The molecule has 1 unspecified atom stereocenters. The smallest absolute Gasteiger partial charge is 0.547 e. The summed E-state index contributed by atoms with van der Waals surface area (Å²) >= 11 is 0. The van der Waals surface area contributed by atoms with Crippen molar-refractivity contribution in [2.24, 2.45) is 0 Å². The van der Waals surface area contributed by atoms with E-state index in [0.717, 1.165) is 0 Å². The maximum atomic E-state index is 9.76. The van der Waals surface area contributed by atoms with Crippen molar-refractivity contribution in [3.63, 3.8) is 0 Å². The number of carboxylic acids is 1. The molecule has 0 spiro atoms. The number of carbonyl (C=O) groups excluding carboxylic acids is 1. The third-order valence-corrected chi connectivity index (χ3v) is 0.193. The Morgan fingerprint density at radius 1 is 2.29 bits per heavy atom. The summed E-state index contributed by atoms with van der Waals surface area (Å²) in [4.78, 5) is 9.76. The Morgan fingerprint density at radius 3 is 2.71 bits per heavy atom. The molecule has 0 saturated heterocycles. The summed E-state index contributed by atoms with van der Waals surface area (Å²) in [6, 6.07) is 0. The molecule has 7 heavy (non-hydrogen) atoms. The maximum absolute atomic E-state index is 9.76. The molecule has 36 valence electrons. The van der Waals surface area contributed by atoms with E-state index in [1.54, 1.807) is 0 Å². The Hall–Kier alpha value is 0.430. The number of rotatable bonds is 1. The Labute approximate surface area is 69.3 Å². The van der Waals surface area contributed by atoms with Gasteiger partial charge in [0.25, 0.3) is 0 Å². The van der Waals surface area contributed by atoms with E-state index in [-0.39, 0.29) is 29.6 Å². The molecule has 0 aromatic carbocycles. The maximum Gasteiger partial charge on any atom is 1.00 e. The second-order valence-electron chi connectivity index (χ2n) is 0.636. The van der Waals surface area contributed by atoms with Gasteiger partial charge in [-0.15, -0.1) is 0 Å². The molecule has 0 aliphatic heterocycles. The minimum atomic E-state index is -3.51. The second-order valence-corrected chi connectivity index (χ2v) is 0.636. The van der Waals surface area contributed by atoms with Crippen molar-refractivity contribution in [1.29, 1.82) is 0 Å². The van der Waals surface area contributed by atoms with Crippen LogP contribution in [0.3, 0.4) is 0 Å². The van der Waals surface area contributed by atoms with Gasteiger partial charge in [-0.3, -0.25) is 0 Å².